The van der Waals surface area contributed by atoms with Gasteiger partial charge in [0.15, 0.2) is 5.96 Å². The number of methoxy groups -OCH3 is 1. The summed E-state index contributed by atoms with van der Waals surface area (Å²) < 4.78 is 10.5. The van der Waals surface area contributed by atoms with Crippen molar-refractivity contribution in [3.05, 3.63) is 53.6 Å². The maximum Gasteiger partial charge on any atom is 0.412 e. The molecule has 4 N–H and O–H groups in total. The molecule has 32 heavy (non-hydrogen) atoms. The smallest absolute Gasteiger partial charge is 0.412 e. The molecule has 8 nitrogen and oxygen atoms in total. The van der Waals surface area contributed by atoms with Gasteiger partial charge in [-0.1, -0.05) is 12.1 Å². The predicted molar refractivity (Wildman–Crippen MR) is 127 cm³/mol. The van der Waals surface area contributed by atoms with Gasteiger partial charge in [0, 0.05) is 24.3 Å². The summed E-state index contributed by atoms with van der Waals surface area (Å²) in [7, 11) is 1.59. The number of nitrogens with one attached hydrogen (secondary N) is 3. The maximum absolute atomic E-state index is 11.9. The van der Waals surface area contributed by atoms with Crippen LogP contribution in [0.4, 0.5) is 10.5 Å². The SMILES string of the molecule is CCNC(=NCc1cc(OC)ccc1O)NCCc1ccc(NC(=O)OC(C)(C)C)cc1. The predicted octanol–water partition coefficient (Wildman–Crippen LogP) is 4.05. The van der Waals surface area contributed by atoms with Gasteiger partial charge in [-0.05, 0) is 70.0 Å². The third-order valence-electron chi connectivity index (χ3n) is 4.34. The molecule has 0 aliphatic carbocycles. The van der Waals surface area contributed by atoms with Gasteiger partial charge in [0.05, 0.1) is 13.7 Å². The van der Waals surface area contributed by atoms with Crippen molar-refractivity contribution in [1.29, 1.82) is 0 Å². The normalized spacial score (nSPS) is 11.6. The van der Waals surface area contributed by atoms with Crippen molar-refractivity contribution >= 4 is 17.7 Å². The first-order chi connectivity index (χ1) is 15.2. The Bertz CT molecular complexity index is 905. The minimum absolute atomic E-state index is 0.186. The van der Waals surface area contributed by atoms with Crippen molar-refractivity contribution in [3.63, 3.8) is 0 Å². The summed E-state index contributed by atoms with van der Waals surface area (Å²) in [5, 5.41) is 19.3. The van der Waals surface area contributed by atoms with E-state index in [2.05, 4.69) is 20.9 Å². The number of carbonyl (C=O) groups is 1. The number of rotatable bonds is 8. The van der Waals surface area contributed by atoms with Crippen LogP contribution in [-0.2, 0) is 17.7 Å². The molecule has 0 bridgehead atoms. The Labute approximate surface area is 190 Å². The van der Waals surface area contributed by atoms with Crippen molar-refractivity contribution in [2.24, 2.45) is 4.99 Å². The number of hydrogen-bond donors (Lipinski definition) is 4. The van der Waals surface area contributed by atoms with E-state index in [9.17, 15) is 9.90 Å². The van der Waals surface area contributed by atoms with E-state index in [1.807, 2.05) is 52.0 Å². The average Bonchev–Trinajstić information content (AvgIpc) is 2.73. The quantitative estimate of drug-likeness (QED) is 0.363. The summed E-state index contributed by atoms with van der Waals surface area (Å²) in [6.45, 7) is 9.20. The summed E-state index contributed by atoms with van der Waals surface area (Å²) in [6, 6.07) is 12.7. The molecule has 0 spiro atoms. The molecule has 0 radical (unpaired) electrons. The first kappa shape index (κ1) is 24.8. The molecule has 174 valence electrons. The van der Waals surface area contributed by atoms with Crippen LogP contribution >= 0.6 is 0 Å². The molecular weight excluding hydrogens is 408 g/mol. The second-order valence-electron chi connectivity index (χ2n) is 8.19. The standard InChI is InChI=1S/C24H34N4O4/c1-6-25-22(27-16-18-15-20(31-5)11-12-21(18)29)26-14-13-17-7-9-19(10-8-17)28-23(30)32-24(2,3)4/h7-12,15,29H,6,13-14,16H2,1-5H3,(H,28,30)(H2,25,26,27). The topological polar surface area (TPSA) is 104 Å². The number of carbonyl (C=O) groups excluding carboxylic acids is 1. The van der Waals surface area contributed by atoms with Gasteiger partial charge in [0.1, 0.15) is 17.1 Å². The van der Waals surface area contributed by atoms with Crippen LogP contribution in [0.2, 0.25) is 0 Å². The summed E-state index contributed by atoms with van der Waals surface area (Å²) in [6.07, 6.45) is 0.308. The molecule has 0 saturated carbocycles. The van der Waals surface area contributed by atoms with Gasteiger partial charge >= 0.3 is 6.09 Å². The van der Waals surface area contributed by atoms with Crippen LogP contribution < -0.4 is 20.7 Å². The number of amides is 1. The Morgan fingerprint density at radius 2 is 1.81 bits per heavy atom. The van der Waals surface area contributed by atoms with Crippen LogP contribution in [0.5, 0.6) is 11.5 Å². The van der Waals surface area contributed by atoms with Crippen molar-refractivity contribution in [3.8, 4) is 11.5 Å². The lowest BCUT2D eigenvalue weighted by atomic mass is 10.1. The van der Waals surface area contributed by atoms with Gasteiger partial charge in [-0.25, -0.2) is 9.79 Å². The number of aliphatic imine (C=N–C) groups is 1. The largest absolute Gasteiger partial charge is 0.508 e. The van der Waals surface area contributed by atoms with E-state index in [0.29, 0.717) is 36.0 Å². The van der Waals surface area contributed by atoms with Gasteiger partial charge in [-0.15, -0.1) is 0 Å². The molecule has 0 aliphatic heterocycles. The zero-order chi connectivity index (χ0) is 23.6. The second-order valence-corrected chi connectivity index (χ2v) is 8.19. The molecule has 0 aliphatic rings. The van der Waals surface area contributed by atoms with Crippen LogP contribution in [0.25, 0.3) is 0 Å². The molecule has 0 aromatic heterocycles. The van der Waals surface area contributed by atoms with Crippen molar-refractivity contribution < 1.29 is 19.4 Å². The first-order valence-corrected chi connectivity index (χ1v) is 10.7. The fraction of sp³-hybridized carbons (Fsp3) is 0.417. The number of guanidine groups is 1. The number of ether oxygens (including phenoxy) is 2. The lowest BCUT2D eigenvalue weighted by molar-refractivity contribution is 0.0636. The average molecular weight is 443 g/mol. The molecule has 2 aromatic rings. The monoisotopic (exact) mass is 442 g/mol. The van der Waals surface area contributed by atoms with E-state index >= 15 is 0 Å². The molecule has 0 heterocycles. The van der Waals surface area contributed by atoms with Crippen LogP contribution in [-0.4, -0.2) is 43.0 Å². The Kier molecular flexibility index (Phi) is 9.19. The zero-order valence-corrected chi connectivity index (χ0v) is 19.5. The highest BCUT2D eigenvalue weighted by Crippen LogP contribution is 2.23. The van der Waals surface area contributed by atoms with Crippen molar-refractivity contribution in [2.45, 2.75) is 46.3 Å². The third kappa shape index (κ3) is 8.75. The Morgan fingerprint density at radius 3 is 2.44 bits per heavy atom. The number of phenolic OH excluding ortho intramolecular Hbond substituents is 1. The lowest BCUT2D eigenvalue weighted by Crippen LogP contribution is -2.38. The van der Waals surface area contributed by atoms with Gasteiger partial charge in [-0.2, -0.15) is 0 Å². The molecule has 1 amide bonds. The number of phenols is 1. The number of nitrogens with zero attached hydrogens (tertiary/aromatic N) is 1. The first-order valence-electron chi connectivity index (χ1n) is 10.7. The van der Waals surface area contributed by atoms with Crippen LogP contribution in [0.1, 0.15) is 38.8 Å². The van der Waals surface area contributed by atoms with Gasteiger partial charge in [0.25, 0.3) is 0 Å². The van der Waals surface area contributed by atoms with Crippen LogP contribution in [0.3, 0.4) is 0 Å². The molecule has 0 saturated heterocycles. The third-order valence-corrected chi connectivity index (χ3v) is 4.34. The Morgan fingerprint density at radius 1 is 1.09 bits per heavy atom. The fourth-order valence-electron chi connectivity index (χ4n) is 2.82. The van der Waals surface area contributed by atoms with Gasteiger partial charge < -0.3 is 25.2 Å². The highest BCUT2D eigenvalue weighted by molar-refractivity contribution is 5.84. The van der Waals surface area contributed by atoms with E-state index in [1.54, 1.807) is 25.3 Å². The van der Waals surface area contributed by atoms with E-state index < -0.39 is 11.7 Å². The summed E-state index contributed by atoms with van der Waals surface area (Å²) in [5.74, 6) is 1.53. The molecule has 0 atom stereocenters. The van der Waals surface area contributed by atoms with Gasteiger partial charge in [0.2, 0.25) is 0 Å². The minimum Gasteiger partial charge on any atom is -0.508 e. The zero-order valence-electron chi connectivity index (χ0n) is 19.5. The van der Waals surface area contributed by atoms with Crippen molar-refractivity contribution in [2.75, 3.05) is 25.5 Å². The summed E-state index contributed by atoms with van der Waals surface area (Å²) in [4.78, 5) is 16.4. The summed E-state index contributed by atoms with van der Waals surface area (Å²) >= 11 is 0. The van der Waals surface area contributed by atoms with Crippen LogP contribution in [0.15, 0.2) is 47.5 Å². The number of anilines is 1. The molecule has 0 fully saturated rings. The molecule has 2 aromatic carbocycles. The number of benzene rings is 2. The van der Waals surface area contributed by atoms with Crippen molar-refractivity contribution in [1.82, 2.24) is 10.6 Å². The Balaban J connectivity index is 1.88. The molecular formula is C24H34N4O4. The number of aromatic hydroxyl groups is 1. The van der Waals surface area contributed by atoms with E-state index in [-0.39, 0.29) is 5.75 Å². The highest BCUT2D eigenvalue weighted by atomic mass is 16.6. The highest BCUT2D eigenvalue weighted by Gasteiger charge is 2.16. The van der Waals surface area contributed by atoms with Gasteiger partial charge in [-0.3, -0.25) is 5.32 Å². The molecule has 8 heteroatoms. The molecule has 0 unspecified atom stereocenters. The fourth-order valence-corrected chi connectivity index (χ4v) is 2.82. The summed E-state index contributed by atoms with van der Waals surface area (Å²) in [5.41, 5.74) is 1.96. The van der Waals surface area contributed by atoms with Crippen LogP contribution in [0, 0.1) is 0 Å². The van der Waals surface area contributed by atoms with E-state index in [0.717, 1.165) is 18.5 Å². The Hall–Kier alpha value is -3.42. The molecule has 2 rings (SSSR count). The van der Waals surface area contributed by atoms with E-state index in [4.69, 9.17) is 9.47 Å². The lowest BCUT2D eigenvalue weighted by Gasteiger charge is -2.19. The maximum atomic E-state index is 11.9. The minimum atomic E-state index is -0.535. The second kappa shape index (κ2) is 11.8. The number of hydrogen-bond acceptors (Lipinski definition) is 5. The van der Waals surface area contributed by atoms with E-state index in [1.165, 1.54) is 0 Å².